The fourth-order valence-corrected chi connectivity index (χ4v) is 2.91. The summed E-state index contributed by atoms with van der Waals surface area (Å²) in [5.41, 5.74) is 2.73. The molecule has 0 spiro atoms. The number of nitrogens with zero attached hydrogens (tertiary/aromatic N) is 2. The minimum absolute atomic E-state index is 0.0998. The second-order valence-corrected chi connectivity index (χ2v) is 6.33. The van der Waals surface area contributed by atoms with Crippen molar-refractivity contribution in [2.24, 2.45) is 0 Å². The number of carbonyl (C=O) groups is 2. The van der Waals surface area contributed by atoms with Crippen molar-refractivity contribution in [1.29, 1.82) is 0 Å². The maximum atomic E-state index is 12.3. The highest BCUT2D eigenvalue weighted by Crippen LogP contribution is 2.24. The molecule has 2 aromatic rings. The van der Waals surface area contributed by atoms with Crippen LogP contribution in [0.3, 0.4) is 0 Å². The molecule has 1 aromatic carbocycles. The first-order chi connectivity index (χ1) is 12.5. The van der Waals surface area contributed by atoms with Crippen LogP contribution in [0.1, 0.15) is 43.7 Å². The molecule has 0 saturated carbocycles. The number of carbonyl (C=O) groups excluding carboxylic acids is 2. The Balaban J connectivity index is 1.62. The Kier molecular flexibility index (Phi) is 5.37. The van der Waals surface area contributed by atoms with E-state index in [1.165, 1.54) is 12.4 Å². The monoisotopic (exact) mass is 348 g/mol. The third kappa shape index (κ3) is 4.30. The fraction of sp³-hybridized carbons (Fsp3) is 0.238. The van der Waals surface area contributed by atoms with Crippen molar-refractivity contribution in [1.82, 2.24) is 9.97 Å². The molecule has 0 atom stereocenters. The van der Waals surface area contributed by atoms with Crippen LogP contribution in [0.25, 0.3) is 0 Å². The molecule has 1 aromatic heterocycles. The number of para-hydroxylation sites is 1. The van der Waals surface area contributed by atoms with Gasteiger partial charge in [-0.15, -0.1) is 0 Å². The molecule has 0 aliphatic heterocycles. The van der Waals surface area contributed by atoms with Crippen LogP contribution < -0.4 is 4.74 Å². The zero-order valence-corrected chi connectivity index (χ0v) is 14.9. The number of allylic oxidation sites excluding steroid dienone is 4. The minimum atomic E-state index is -0.185. The average molecular weight is 348 g/mol. The molecule has 5 nitrogen and oxygen atoms in total. The van der Waals surface area contributed by atoms with Crippen molar-refractivity contribution in [3.8, 4) is 11.5 Å². The molecular formula is C21H20N2O3. The van der Waals surface area contributed by atoms with E-state index in [1.54, 1.807) is 0 Å². The van der Waals surface area contributed by atoms with Crippen LogP contribution in [0, 0.1) is 0 Å². The van der Waals surface area contributed by atoms with Crippen molar-refractivity contribution >= 4 is 11.6 Å². The first-order valence-corrected chi connectivity index (χ1v) is 8.51. The first kappa shape index (κ1) is 17.7. The number of benzene rings is 1. The largest absolute Gasteiger partial charge is 0.454 e. The van der Waals surface area contributed by atoms with Crippen LogP contribution in [0.2, 0.25) is 0 Å². The number of hydrogen-bond donors (Lipinski definition) is 0. The molecule has 1 aliphatic carbocycles. The van der Waals surface area contributed by atoms with Crippen LogP contribution >= 0.6 is 0 Å². The first-order valence-electron chi connectivity index (χ1n) is 8.51. The van der Waals surface area contributed by atoms with E-state index in [2.05, 4.69) is 9.97 Å². The molecule has 3 rings (SSSR count). The second kappa shape index (κ2) is 7.87. The van der Waals surface area contributed by atoms with E-state index >= 15 is 0 Å². The quantitative estimate of drug-likeness (QED) is 0.721. The van der Waals surface area contributed by atoms with Gasteiger partial charge >= 0.3 is 0 Å². The number of rotatable bonds is 6. The highest BCUT2D eigenvalue weighted by molar-refractivity contribution is 6.00. The molecule has 0 amide bonds. The molecule has 132 valence electrons. The molecular weight excluding hydrogens is 328 g/mol. The third-order valence-corrected chi connectivity index (χ3v) is 4.17. The molecule has 1 heterocycles. The van der Waals surface area contributed by atoms with E-state index in [4.69, 9.17) is 4.74 Å². The summed E-state index contributed by atoms with van der Waals surface area (Å²) in [6.07, 6.45) is 6.03. The Morgan fingerprint density at radius 1 is 1.08 bits per heavy atom. The molecule has 0 N–H and O–H groups in total. The van der Waals surface area contributed by atoms with E-state index in [-0.39, 0.29) is 23.8 Å². The summed E-state index contributed by atoms with van der Waals surface area (Å²) in [4.78, 5) is 32.6. The third-order valence-electron chi connectivity index (χ3n) is 4.17. The van der Waals surface area contributed by atoms with Crippen LogP contribution in [-0.2, 0) is 4.79 Å². The summed E-state index contributed by atoms with van der Waals surface area (Å²) in [5.74, 6) is 1.20. The lowest BCUT2D eigenvalue weighted by atomic mass is 9.89. The molecule has 0 radical (unpaired) electrons. The van der Waals surface area contributed by atoms with E-state index in [0.29, 0.717) is 24.3 Å². The van der Waals surface area contributed by atoms with Gasteiger partial charge in [-0.1, -0.05) is 29.8 Å². The van der Waals surface area contributed by atoms with Gasteiger partial charge < -0.3 is 4.74 Å². The van der Waals surface area contributed by atoms with Crippen molar-refractivity contribution in [2.75, 3.05) is 0 Å². The van der Waals surface area contributed by atoms with Crippen LogP contribution in [0.5, 0.6) is 11.5 Å². The Bertz CT molecular complexity index is 881. The Hall–Kier alpha value is -3.08. The molecule has 0 unspecified atom stereocenters. The van der Waals surface area contributed by atoms with Gasteiger partial charge in [-0.3, -0.25) is 9.59 Å². The smallest absolute Gasteiger partial charge is 0.200 e. The number of Topliss-reactive ketones (excluding diaryl/α,β-unsaturated/α-hetero) is 2. The van der Waals surface area contributed by atoms with Gasteiger partial charge in [-0.2, -0.15) is 0 Å². The van der Waals surface area contributed by atoms with Gasteiger partial charge in [-0.05, 0) is 43.5 Å². The van der Waals surface area contributed by atoms with Crippen molar-refractivity contribution in [3.05, 3.63) is 71.3 Å². The lowest BCUT2D eigenvalue weighted by Crippen LogP contribution is -2.12. The number of ether oxygens (including phenoxy) is 1. The fourth-order valence-electron chi connectivity index (χ4n) is 2.91. The van der Waals surface area contributed by atoms with Gasteiger partial charge in [0.15, 0.2) is 23.1 Å². The van der Waals surface area contributed by atoms with Crippen LogP contribution in [-0.4, -0.2) is 21.5 Å². The predicted octanol–water partition coefficient (Wildman–Crippen LogP) is 4.47. The summed E-state index contributed by atoms with van der Waals surface area (Å²) in [7, 11) is 0. The molecule has 5 heteroatoms. The summed E-state index contributed by atoms with van der Waals surface area (Å²) < 4.78 is 5.61. The molecule has 1 aliphatic rings. The van der Waals surface area contributed by atoms with Gasteiger partial charge in [0.1, 0.15) is 5.75 Å². The second-order valence-electron chi connectivity index (χ2n) is 6.33. The standard InChI is InChI=1S/C21H20N2O3/c1-14-10-15(2)18(20(25)11-14)8-9-19(24)21-22-12-17(13-23-21)26-16-6-4-3-5-7-16/h3-7,10,12-13H,8-9,11H2,1-2H3. The highest BCUT2D eigenvalue weighted by Gasteiger charge is 2.19. The Morgan fingerprint density at radius 2 is 1.77 bits per heavy atom. The zero-order valence-electron chi connectivity index (χ0n) is 14.9. The highest BCUT2D eigenvalue weighted by atomic mass is 16.5. The molecule has 0 saturated heterocycles. The lowest BCUT2D eigenvalue weighted by Gasteiger charge is -2.14. The molecule has 0 fully saturated rings. The minimum Gasteiger partial charge on any atom is -0.454 e. The summed E-state index contributed by atoms with van der Waals surface area (Å²) in [5, 5.41) is 0. The van der Waals surface area contributed by atoms with Crippen LogP contribution in [0.4, 0.5) is 0 Å². The van der Waals surface area contributed by atoms with Gasteiger partial charge in [0.2, 0.25) is 0 Å². The lowest BCUT2D eigenvalue weighted by molar-refractivity contribution is -0.115. The summed E-state index contributed by atoms with van der Waals surface area (Å²) in [6, 6.07) is 9.29. The van der Waals surface area contributed by atoms with E-state index in [1.807, 2.05) is 50.3 Å². The van der Waals surface area contributed by atoms with Gasteiger partial charge in [0.05, 0.1) is 12.4 Å². The van der Waals surface area contributed by atoms with E-state index < -0.39 is 0 Å². The summed E-state index contributed by atoms with van der Waals surface area (Å²) in [6.45, 7) is 3.85. The van der Waals surface area contributed by atoms with E-state index in [9.17, 15) is 9.59 Å². The SMILES string of the molecule is CC1=CC(C)=C(CCC(=O)c2ncc(Oc3ccccc3)cn2)C(=O)C1. The van der Waals surface area contributed by atoms with Crippen molar-refractivity contribution < 1.29 is 14.3 Å². The topological polar surface area (TPSA) is 69.2 Å². The normalized spacial score (nSPS) is 14.2. The van der Waals surface area contributed by atoms with Crippen LogP contribution in [0.15, 0.2) is 65.5 Å². The van der Waals surface area contributed by atoms with Crippen molar-refractivity contribution in [2.45, 2.75) is 33.1 Å². The molecule has 0 bridgehead atoms. The number of aromatic nitrogens is 2. The number of ketones is 2. The summed E-state index contributed by atoms with van der Waals surface area (Å²) >= 11 is 0. The van der Waals surface area contributed by atoms with Crippen molar-refractivity contribution in [3.63, 3.8) is 0 Å². The Labute approximate surface area is 152 Å². The maximum Gasteiger partial charge on any atom is 0.200 e. The average Bonchev–Trinajstić information content (AvgIpc) is 2.62. The Morgan fingerprint density at radius 3 is 2.42 bits per heavy atom. The van der Waals surface area contributed by atoms with E-state index in [0.717, 1.165) is 16.7 Å². The van der Waals surface area contributed by atoms with Gasteiger partial charge in [0.25, 0.3) is 0 Å². The molecule has 26 heavy (non-hydrogen) atoms. The maximum absolute atomic E-state index is 12.3. The predicted molar refractivity (Wildman–Crippen MR) is 98.2 cm³/mol. The zero-order chi connectivity index (χ0) is 18.5. The number of hydrogen-bond acceptors (Lipinski definition) is 5. The van der Waals surface area contributed by atoms with Gasteiger partial charge in [0, 0.05) is 12.8 Å². The van der Waals surface area contributed by atoms with Gasteiger partial charge in [-0.25, -0.2) is 9.97 Å².